The molecule has 0 aromatic carbocycles. The van der Waals surface area contributed by atoms with E-state index in [1.54, 1.807) is 0 Å². The maximum atomic E-state index is 12.4. The van der Waals surface area contributed by atoms with Gasteiger partial charge in [-0.25, -0.2) is 18.9 Å². The molecule has 1 unspecified atom stereocenters. The van der Waals surface area contributed by atoms with Crippen LogP contribution in [0.5, 0.6) is 0 Å². The second kappa shape index (κ2) is 12.2. The first-order valence-electron chi connectivity index (χ1n) is 10.8. The molecule has 12 N–H and O–H groups in total. The van der Waals surface area contributed by atoms with Crippen LogP contribution >= 0.6 is 15.6 Å². The van der Waals surface area contributed by atoms with Gasteiger partial charge in [-0.15, -0.1) is 0 Å². The van der Waals surface area contributed by atoms with E-state index in [-0.39, 0.29) is 0 Å². The van der Waals surface area contributed by atoms with E-state index in [0.717, 1.165) is 10.9 Å². The van der Waals surface area contributed by atoms with Crippen LogP contribution in [-0.2, 0) is 32.3 Å². The average molecular weight is 635 g/mol. The summed E-state index contributed by atoms with van der Waals surface area (Å²) in [5.74, 6) is -4.21. The van der Waals surface area contributed by atoms with Crippen LogP contribution in [0.2, 0.25) is 0 Å². The Balaban J connectivity index is 1.80. The molecule has 23 nitrogen and oxygen atoms in total. The van der Waals surface area contributed by atoms with Crippen LogP contribution in [0.1, 0.15) is 6.23 Å². The normalized spacial score (nSPS) is 25.8. The van der Waals surface area contributed by atoms with E-state index < -0.39 is 106 Å². The molecule has 1 saturated heterocycles. The first kappa shape index (κ1) is 32.8. The number of hydrogen-bond acceptors (Lipinski definition) is 16. The van der Waals surface area contributed by atoms with Gasteiger partial charge in [-0.1, -0.05) is 0 Å². The molecule has 0 spiro atoms. The maximum Gasteiger partial charge on any atom is 0.481 e. The van der Waals surface area contributed by atoms with Crippen molar-refractivity contribution in [1.82, 2.24) is 19.5 Å². The number of carboxylic acids is 1. The molecule has 2 aromatic heterocycles. The molecule has 0 aliphatic carbocycles. The fourth-order valence-corrected chi connectivity index (χ4v) is 5.06. The highest BCUT2D eigenvalue weighted by Gasteiger charge is 2.46. The summed E-state index contributed by atoms with van der Waals surface area (Å²) in [6.45, 7) is -1.03. The molecule has 9 atom stereocenters. The number of carboxylic acid groups (broad SMARTS) is 1. The molecule has 41 heavy (non-hydrogen) atoms. The molecule has 1 fully saturated rings. The van der Waals surface area contributed by atoms with Crippen LogP contribution in [0.25, 0.3) is 11.2 Å². The largest absolute Gasteiger partial charge is 0.481 e. The van der Waals surface area contributed by atoms with Gasteiger partial charge in [0.05, 0.1) is 12.9 Å². The van der Waals surface area contributed by atoms with Crippen molar-refractivity contribution in [3.05, 3.63) is 16.7 Å². The summed E-state index contributed by atoms with van der Waals surface area (Å²) in [5.41, 5.74) is -1.84. The van der Waals surface area contributed by atoms with Gasteiger partial charge < -0.3 is 55.2 Å². The van der Waals surface area contributed by atoms with Gasteiger partial charge in [0.15, 0.2) is 29.6 Å². The Morgan fingerprint density at radius 2 is 1.71 bits per heavy atom. The fraction of sp³-hybridized carbons (Fsp3) is 0.562. The highest BCUT2D eigenvalue weighted by Crippen LogP contribution is 2.57. The number of rotatable bonds is 12. The van der Waals surface area contributed by atoms with Crippen molar-refractivity contribution in [2.75, 3.05) is 11.9 Å². The van der Waals surface area contributed by atoms with Gasteiger partial charge in [0.2, 0.25) is 5.95 Å². The lowest BCUT2D eigenvalue weighted by atomic mass is 10.0. The smallest absolute Gasteiger partial charge is 0.479 e. The van der Waals surface area contributed by atoms with E-state index in [1.807, 2.05) is 5.32 Å². The van der Waals surface area contributed by atoms with E-state index in [9.17, 15) is 59.0 Å². The minimum Gasteiger partial charge on any atom is -0.479 e. The lowest BCUT2D eigenvalue weighted by molar-refractivity contribution is -0.165. The highest BCUT2D eigenvalue weighted by molar-refractivity contribution is 7.60. The third-order valence-corrected chi connectivity index (χ3v) is 7.57. The number of phosphoric acid groups is 2. The molecule has 0 radical (unpaired) electrons. The molecule has 2 aromatic rings. The number of nitrogens with zero attached hydrogens (tertiary/aromatic N) is 3. The van der Waals surface area contributed by atoms with Gasteiger partial charge in [-0.05, 0) is 0 Å². The third-order valence-electron chi connectivity index (χ3n) is 5.42. The topological polar surface area (TPSA) is 374 Å². The molecular formula is C16H23N5O18P2. The lowest BCUT2D eigenvalue weighted by Gasteiger charge is -2.23. The Hall–Kier alpha value is -2.73. The van der Waals surface area contributed by atoms with Crippen LogP contribution in [0.15, 0.2) is 11.1 Å². The standard InChI is InChI=1S/C16H23N5O18P2/c22-5-3(1-37-41(35,36)39-40(32,33)34)38-14(9(5)26)21-2-17-4-11(21)18-16(19-12(4)28)20-13(29)8(25)6(23)7(24)10(27)15(30)31/h2-3,5-10,14,22-27H,1H2,(H,30,31)(H,35,36)(H2,32,33,34)(H2,18,19,20,28,29)/t3-,5-,6+,7+,8-,9-,10+,14-/m1/s1. The summed E-state index contributed by atoms with van der Waals surface area (Å²) in [6.07, 6.45) is -16.2. The number of aliphatic hydroxyl groups is 6. The number of imidazole rings is 1. The van der Waals surface area contributed by atoms with Crippen molar-refractivity contribution < 1.29 is 82.7 Å². The van der Waals surface area contributed by atoms with E-state index in [2.05, 4.69) is 23.8 Å². The summed E-state index contributed by atoms with van der Waals surface area (Å²) >= 11 is 0. The first-order chi connectivity index (χ1) is 18.8. The molecule has 3 heterocycles. The molecule has 3 rings (SSSR count). The predicted octanol–water partition coefficient (Wildman–Crippen LogP) is -5.57. The minimum absolute atomic E-state index is 0.413. The quantitative estimate of drug-likeness (QED) is 0.0967. The maximum absolute atomic E-state index is 12.4. The number of carbonyl (C=O) groups is 2. The Bertz CT molecular complexity index is 1440. The number of aliphatic hydroxyl groups excluding tert-OH is 6. The van der Waals surface area contributed by atoms with Crippen LogP contribution in [0.3, 0.4) is 0 Å². The number of phosphoric ester groups is 1. The van der Waals surface area contributed by atoms with Gasteiger partial charge in [0, 0.05) is 0 Å². The van der Waals surface area contributed by atoms with Crippen LogP contribution in [0, 0.1) is 0 Å². The molecule has 25 heteroatoms. The molecule has 230 valence electrons. The number of H-pyrrole nitrogens is 1. The van der Waals surface area contributed by atoms with Gasteiger partial charge in [0.25, 0.3) is 11.5 Å². The summed E-state index contributed by atoms with van der Waals surface area (Å²) in [6, 6.07) is 0. The van der Waals surface area contributed by atoms with Gasteiger partial charge in [-0.2, -0.15) is 9.29 Å². The number of aliphatic carboxylic acids is 1. The van der Waals surface area contributed by atoms with Crippen molar-refractivity contribution in [1.29, 1.82) is 0 Å². The van der Waals surface area contributed by atoms with Crippen molar-refractivity contribution in [2.45, 2.75) is 49.0 Å². The Morgan fingerprint density at radius 3 is 2.29 bits per heavy atom. The molecule has 1 amide bonds. The first-order valence-corrected chi connectivity index (χ1v) is 13.8. The van der Waals surface area contributed by atoms with Crippen LogP contribution in [0.4, 0.5) is 5.95 Å². The van der Waals surface area contributed by atoms with Gasteiger partial charge in [-0.3, -0.25) is 29.0 Å². The molecule has 1 aliphatic heterocycles. The van der Waals surface area contributed by atoms with E-state index in [1.165, 1.54) is 0 Å². The van der Waals surface area contributed by atoms with Crippen molar-refractivity contribution >= 4 is 44.6 Å². The van der Waals surface area contributed by atoms with E-state index >= 15 is 0 Å². The zero-order chi connectivity index (χ0) is 31.0. The van der Waals surface area contributed by atoms with Crippen molar-refractivity contribution in [3.8, 4) is 0 Å². The number of aromatic nitrogens is 4. The minimum atomic E-state index is -5.45. The monoisotopic (exact) mass is 635 g/mol. The SMILES string of the molecule is O=C(O)[C@@H](O)[C@@H](O)[C@H](O)[C@@H](O)C(=O)Nc1nc2c(ncn2[C@@H]2O[C@H](COP(=O)(O)OP(=O)(O)O)[C@@H](O)[C@H]2O)c(=O)[nH]1. The predicted molar refractivity (Wildman–Crippen MR) is 123 cm³/mol. The zero-order valence-corrected chi connectivity index (χ0v) is 21.7. The number of nitrogens with one attached hydrogen (secondary N) is 2. The second-order valence-corrected chi connectivity index (χ2v) is 11.1. The number of aromatic amines is 1. The summed E-state index contributed by atoms with van der Waals surface area (Å²) < 4.78 is 36.6. The molecular weight excluding hydrogens is 612 g/mol. The third kappa shape index (κ3) is 7.57. The average Bonchev–Trinajstić information content (AvgIpc) is 3.40. The van der Waals surface area contributed by atoms with Crippen LogP contribution < -0.4 is 10.9 Å². The molecule has 0 bridgehead atoms. The number of amides is 1. The summed E-state index contributed by atoms with van der Waals surface area (Å²) in [5, 5.41) is 69.9. The van der Waals surface area contributed by atoms with Gasteiger partial charge in [0.1, 0.15) is 30.5 Å². The van der Waals surface area contributed by atoms with E-state index in [0.29, 0.717) is 0 Å². The number of hydrogen-bond donors (Lipinski definition) is 12. The Kier molecular flexibility index (Phi) is 9.79. The van der Waals surface area contributed by atoms with Gasteiger partial charge >= 0.3 is 21.6 Å². The highest BCUT2D eigenvalue weighted by atomic mass is 31.3. The number of carbonyl (C=O) groups excluding carboxylic acids is 1. The fourth-order valence-electron chi connectivity index (χ4n) is 3.46. The van der Waals surface area contributed by atoms with Crippen molar-refractivity contribution in [2.24, 2.45) is 0 Å². The van der Waals surface area contributed by atoms with Crippen LogP contribution in [-0.4, -0.2) is 131 Å². The Labute approximate surface area is 225 Å². The number of fused-ring (bicyclic) bond motifs is 1. The molecule has 1 aliphatic rings. The second-order valence-electron chi connectivity index (χ2n) is 8.32. The summed E-state index contributed by atoms with van der Waals surface area (Å²) in [4.78, 5) is 71.8. The number of anilines is 1. The summed E-state index contributed by atoms with van der Waals surface area (Å²) in [7, 11) is -10.8. The zero-order valence-electron chi connectivity index (χ0n) is 19.9. The Morgan fingerprint density at radius 1 is 1.10 bits per heavy atom. The van der Waals surface area contributed by atoms with E-state index in [4.69, 9.17) is 19.6 Å². The van der Waals surface area contributed by atoms with Crippen molar-refractivity contribution in [3.63, 3.8) is 0 Å². The lowest BCUT2D eigenvalue weighted by Crippen LogP contribution is -2.51. The number of ether oxygens (including phenoxy) is 1. The molecule has 0 saturated carbocycles.